The van der Waals surface area contributed by atoms with Crippen LogP contribution in [0.15, 0.2) is 59.9 Å². The molecule has 0 fully saturated rings. The third kappa shape index (κ3) is 4.02. The summed E-state index contributed by atoms with van der Waals surface area (Å²) in [6.07, 6.45) is 1.68. The van der Waals surface area contributed by atoms with Gasteiger partial charge in [0, 0.05) is 5.69 Å². The summed E-state index contributed by atoms with van der Waals surface area (Å²) in [6.45, 7) is 1.95. The molecule has 0 bridgehead atoms. The maximum absolute atomic E-state index is 13.0. The molecular weight excluding hydrogens is 325 g/mol. The van der Waals surface area contributed by atoms with Crippen LogP contribution in [0.5, 0.6) is 0 Å². The zero-order valence-corrected chi connectivity index (χ0v) is 13.9. The minimum absolute atomic E-state index is 0.0889. The number of anilines is 1. The van der Waals surface area contributed by atoms with Crippen LogP contribution in [0.2, 0.25) is 0 Å². The second-order valence-corrected chi connectivity index (χ2v) is 6.22. The van der Waals surface area contributed by atoms with Gasteiger partial charge in [0.15, 0.2) is 5.16 Å². The lowest BCUT2D eigenvalue weighted by Crippen LogP contribution is -2.14. The molecule has 24 heavy (non-hydrogen) atoms. The van der Waals surface area contributed by atoms with Gasteiger partial charge in [-0.25, -0.2) is 9.37 Å². The Kier molecular flexibility index (Phi) is 4.96. The number of aromatic nitrogens is 2. The number of para-hydroxylation sites is 1. The van der Waals surface area contributed by atoms with Crippen molar-refractivity contribution in [2.24, 2.45) is 0 Å². The number of amides is 1. The van der Waals surface area contributed by atoms with Crippen molar-refractivity contribution in [2.75, 3.05) is 11.1 Å². The molecule has 0 saturated carbocycles. The number of rotatable bonds is 5. The predicted octanol–water partition coefficient (Wildman–Crippen LogP) is 4.26. The molecule has 6 heteroatoms. The summed E-state index contributed by atoms with van der Waals surface area (Å²) in [5.41, 5.74) is 3.47. The Balaban J connectivity index is 1.58. The maximum Gasteiger partial charge on any atom is 0.234 e. The lowest BCUT2D eigenvalue weighted by molar-refractivity contribution is -0.113. The fourth-order valence-corrected chi connectivity index (χ4v) is 2.84. The first-order valence-electron chi connectivity index (χ1n) is 7.41. The van der Waals surface area contributed by atoms with Crippen molar-refractivity contribution in [1.29, 1.82) is 0 Å². The molecular formula is C18H16FN3OS. The molecule has 2 N–H and O–H groups in total. The van der Waals surface area contributed by atoms with Gasteiger partial charge in [-0.1, -0.05) is 30.0 Å². The van der Waals surface area contributed by atoms with Crippen molar-refractivity contribution >= 4 is 23.4 Å². The lowest BCUT2D eigenvalue weighted by atomic mass is 10.2. The number of nitrogens with zero attached hydrogens (tertiary/aromatic N) is 1. The highest BCUT2D eigenvalue weighted by Gasteiger charge is 2.08. The fourth-order valence-electron chi connectivity index (χ4n) is 2.19. The van der Waals surface area contributed by atoms with Gasteiger partial charge in [0.05, 0.1) is 17.6 Å². The van der Waals surface area contributed by atoms with Crippen LogP contribution in [-0.2, 0) is 4.79 Å². The number of carbonyl (C=O) groups excluding carboxylic acids is 1. The highest BCUT2D eigenvalue weighted by Crippen LogP contribution is 2.22. The van der Waals surface area contributed by atoms with Gasteiger partial charge in [-0.3, -0.25) is 4.79 Å². The Bertz CT molecular complexity index is 845. The van der Waals surface area contributed by atoms with E-state index in [1.54, 1.807) is 18.3 Å². The summed E-state index contributed by atoms with van der Waals surface area (Å²) in [6, 6.07) is 13.8. The Morgan fingerprint density at radius 1 is 1.21 bits per heavy atom. The van der Waals surface area contributed by atoms with Crippen molar-refractivity contribution in [2.45, 2.75) is 12.1 Å². The Morgan fingerprint density at radius 2 is 1.96 bits per heavy atom. The molecule has 0 radical (unpaired) electrons. The van der Waals surface area contributed by atoms with Gasteiger partial charge in [0.2, 0.25) is 5.91 Å². The monoisotopic (exact) mass is 341 g/mol. The van der Waals surface area contributed by atoms with Crippen molar-refractivity contribution < 1.29 is 9.18 Å². The molecule has 0 aliphatic heterocycles. The zero-order chi connectivity index (χ0) is 16.9. The molecule has 0 saturated heterocycles. The third-order valence-corrected chi connectivity index (χ3v) is 4.35. The summed E-state index contributed by atoms with van der Waals surface area (Å²) in [5.74, 6) is -0.111. The first-order valence-corrected chi connectivity index (χ1v) is 8.39. The van der Waals surface area contributed by atoms with Crippen LogP contribution in [0.1, 0.15) is 5.56 Å². The van der Waals surface area contributed by atoms with Crippen LogP contribution in [-0.4, -0.2) is 21.6 Å². The van der Waals surface area contributed by atoms with Crippen LogP contribution in [0, 0.1) is 12.7 Å². The SMILES string of the molecule is Cc1ccccc1NC(=O)CSc1ncc(-c2ccc(F)cc2)[nH]1. The van der Waals surface area contributed by atoms with Crippen LogP contribution in [0.25, 0.3) is 11.3 Å². The average Bonchev–Trinajstić information content (AvgIpc) is 3.05. The standard InChI is InChI=1S/C18H16FN3OS/c1-12-4-2-3-5-15(12)21-17(23)11-24-18-20-10-16(22-18)13-6-8-14(19)9-7-13/h2-10H,11H2,1H3,(H,20,22)(H,21,23). The van der Waals surface area contributed by atoms with Gasteiger partial charge in [-0.05, 0) is 48.4 Å². The first kappa shape index (κ1) is 16.3. The van der Waals surface area contributed by atoms with E-state index >= 15 is 0 Å². The zero-order valence-electron chi connectivity index (χ0n) is 13.0. The van der Waals surface area contributed by atoms with E-state index in [-0.39, 0.29) is 17.5 Å². The van der Waals surface area contributed by atoms with Crippen LogP contribution >= 0.6 is 11.8 Å². The maximum atomic E-state index is 13.0. The molecule has 0 atom stereocenters. The molecule has 3 rings (SSSR count). The molecule has 0 spiro atoms. The number of halogens is 1. The number of H-pyrrole nitrogens is 1. The largest absolute Gasteiger partial charge is 0.333 e. The minimum Gasteiger partial charge on any atom is -0.333 e. The minimum atomic E-state index is -0.277. The molecule has 2 aromatic carbocycles. The van der Waals surface area contributed by atoms with Crippen LogP contribution in [0.4, 0.5) is 10.1 Å². The lowest BCUT2D eigenvalue weighted by Gasteiger charge is -2.07. The molecule has 1 amide bonds. The topological polar surface area (TPSA) is 57.8 Å². The van der Waals surface area contributed by atoms with Crippen molar-refractivity contribution in [3.63, 3.8) is 0 Å². The Morgan fingerprint density at radius 3 is 2.71 bits per heavy atom. The van der Waals surface area contributed by atoms with E-state index < -0.39 is 0 Å². The number of carbonyl (C=O) groups is 1. The normalized spacial score (nSPS) is 10.6. The van der Waals surface area contributed by atoms with Crippen molar-refractivity contribution in [1.82, 2.24) is 9.97 Å². The molecule has 1 aromatic heterocycles. The molecule has 0 aliphatic carbocycles. The van der Waals surface area contributed by atoms with Gasteiger partial charge >= 0.3 is 0 Å². The molecule has 4 nitrogen and oxygen atoms in total. The molecule has 122 valence electrons. The fraction of sp³-hybridized carbons (Fsp3) is 0.111. The number of aryl methyl sites for hydroxylation is 1. The number of thioether (sulfide) groups is 1. The quantitative estimate of drug-likeness (QED) is 0.682. The number of nitrogens with one attached hydrogen (secondary N) is 2. The van der Waals surface area contributed by atoms with Gasteiger partial charge < -0.3 is 10.3 Å². The van der Waals surface area contributed by atoms with Gasteiger partial charge in [-0.15, -0.1) is 0 Å². The number of benzene rings is 2. The summed E-state index contributed by atoms with van der Waals surface area (Å²) >= 11 is 1.32. The molecule has 0 aliphatic rings. The van der Waals surface area contributed by atoms with Crippen molar-refractivity contribution in [3.05, 3.63) is 66.1 Å². The highest BCUT2D eigenvalue weighted by molar-refractivity contribution is 7.99. The average molecular weight is 341 g/mol. The highest BCUT2D eigenvalue weighted by atomic mass is 32.2. The van der Waals surface area contributed by atoms with E-state index in [0.29, 0.717) is 5.16 Å². The van der Waals surface area contributed by atoms with Gasteiger partial charge in [-0.2, -0.15) is 0 Å². The van der Waals surface area contributed by atoms with E-state index in [1.807, 2.05) is 31.2 Å². The van der Waals surface area contributed by atoms with Crippen LogP contribution < -0.4 is 5.32 Å². The van der Waals surface area contributed by atoms with Gasteiger partial charge in [0.1, 0.15) is 5.82 Å². The molecule has 3 aromatic rings. The van der Waals surface area contributed by atoms with E-state index in [0.717, 1.165) is 22.5 Å². The summed E-state index contributed by atoms with van der Waals surface area (Å²) < 4.78 is 13.0. The summed E-state index contributed by atoms with van der Waals surface area (Å²) in [7, 11) is 0. The van der Waals surface area contributed by atoms with E-state index in [4.69, 9.17) is 0 Å². The second kappa shape index (κ2) is 7.31. The van der Waals surface area contributed by atoms with E-state index in [9.17, 15) is 9.18 Å². The Labute approximate surface area is 143 Å². The van der Waals surface area contributed by atoms with E-state index in [2.05, 4.69) is 15.3 Å². The van der Waals surface area contributed by atoms with Gasteiger partial charge in [0.25, 0.3) is 0 Å². The number of hydrogen-bond acceptors (Lipinski definition) is 3. The molecule has 0 unspecified atom stereocenters. The smallest absolute Gasteiger partial charge is 0.234 e. The summed E-state index contributed by atoms with van der Waals surface area (Å²) in [4.78, 5) is 19.4. The number of aromatic amines is 1. The second-order valence-electron chi connectivity index (χ2n) is 5.26. The summed E-state index contributed by atoms with van der Waals surface area (Å²) in [5, 5.41) is 3.53. The number of imidazole rings is 1. The number of hydrogen-bond donors (Lipinski definition) is 2. The third-order valence-electron chi connectivity index (χ3n) is 3.47. The first-order chi connectivity index (χ1) is 11.6. The van der Waals surface area contributed by atoms with Crippen LogP contribution in [0.3, 0.4) is 0 Å². The predicted molar refractivity (Wildman–Crippen MR) is 94.5 cm³/mol. The van der Waals surface area contributed by atoms with Crippen molar-refractivity contribution in [3.8, 4) is 11.3 Å². The van der Waals surface area contributed by atoms with E-state index in [1.165, 1.54) is 23.9 Å². The Hall–Kier alpha value is -2.60. The molecule has 1 heterocycles.